The third-order valence-corrected chi connectivity index (χ3v) is 6.89. The molecule has 0 bridgehead atoms. The highest BCUT2D eigenvalue weighted by atomic mass is 79.9. The summed E-state index contributed by atoms with van der Waals surface area (Å²) in [6.45, 7) is 1.87. The zero-order valence-corrected chi connectivity index (χ0v) is 23.0. The Balaban J connectivity index is 1.69. The number of hydrogen-bond acceptors (Lipinski definition) is 5. The van der Waals surface area contributed by atoms with E-state index in [1.165, 1.54) is 24.3 Å². The predicted octanol–water partition coefficient (Wildman–Crippen LogP) is 6.12. The standard InChI is InChI=1S/C26H17Br2ClN2O6/c1-13-2-7-18(11-21(13)29)31-24(33)19(23(32)30-26(31)36)9-16-8-17(27)10-20(28)22(16)37-12-14-3-5-15(6-4-14)25(34)35/h2-11H,12H2,1H3,(H,34,35)(H,30,32,36)/b19-9+. The molecule has 1 aliphatic heterocycles. The number of hydrogen-bond donors (Lipinski definition) is 2. The van der Waals surface area contributed by atoms with Gasteiger partial charge in [-0.2, -0.15) is 0 Å². The van der Waals surface area contributed by atoms with Crippen LogP contribution in [0.15, 0.2) is 69.1 Å². The van der Waals surface area contributed by atoms with Crippen LogP contribution in [-0.4, -0.2) is 28.9 Å². The van der Waals surface area contributed by atoms with Gasteiger partial charge >= 0.3 is 12.0 Å². The lowest BCUT2D eigenvalue weighted by molar-refractivity contribution is -0.122. The summed E-state index contributed by atoms with van der Waals surface area (Å²) in [7, 11) is 0. The minimum Gasteiger partial charge on any atom is -0.487 e. The molecule has 11 heteroatoms. The lowest BCUT2D eigenvalue weighted by atomic mass is 10.1. The molecule has 1 fully saturated rings. The first-order valence-corrected chi connectivity index (χ1v) is 12.6. The Labute approximate surface area is 233 Å². The molecule has 3 aromatic carbocycles. The van der Waals surface area contributed by atoms with Crippen LogP contribution in [0.5, 0.6) is 5.75 Å². The molecule has 0 spiro atoms. The molecule has 0 atom stereocenters. The van der Waals surface area contributed by atoms with Gasteiger partial charge in [-0.25, -0.2) is 14.5 Å². The molecule has 0 radical (unpaired) electrons. The van der Waals surface area contributed by atoms with Gasteiger partial charge in [0.1, 0.15) is 17.9 Å². The van der Waals surface area contributed by atoms with E-state index in [0.717, 1.165) is 10.5 Å². The maximum absolute atomic E-state index is 13.3. The average Bonchev–Trinajstić information content (AvgIpc) is 2.83. The number of halogens is 3. The fourth-order valence-corrected chi connectivity index (χ4v) is 5.05. The molecule has 2 N–H and O–H groups in total. The van der Waals surface area contributed by atoms with Crippen LogP contribution in [-0.2, 0) is 16.2 Å². The molecule has 4 amide bonds. The molecule has 0 unspecified atom stereocenters. The summed E-state index contributed by atoms with van der Waals surface area (Å²) in [6.07, 6.45) is 1.34. The fraction of sp³-hybridized carbons (Fsp3) is 0.0769. The van der Waals surface area contributed by atoms with Gasteiger partial charge in [0, 0.05) is 15.1 Å². The number of nitrogens with one attached hydrogen (secondary N) is 1. The number of carbonyl (C=O) groups is 4. The Morgan fingerprint density at radius 3 is 2.43 bits per heavy atom. The van der Waals surface area contributed by atoms with Crippen LogP contribution >= 0.6 is 43.5 Å². The Morgan fingerprint density at radius 2 is 1.78 bits per heavy atom. The maximum atomic E-state index is 13.3. The van der Waals surface area contributed by atoms with E-state index in [4.69, 9.17) is 21.4 Å². The second-order valence-corrected chi connectivity index (χ2v) is 10.2. The lowest BCUT2D eigenvalue weighted by Gasteiger charge is -2.26. The molecular formula is C26H17Br2ClN2O6. The summed E-state index contributed by atoms with van der Waals surface area (Å²) in [6, 6.07) is 13.4. The molecule has 37 heavy (non-hydrogen) atoms. The van der Waals surface area contributed by atoms with Crippen molar-refractivity contribution in [2.45, 2.75) is 13.5 Å². The summed E-state index contributed by atoms with van der Waals surface area (Å²) >= 11 is 13.0. The van der Waals surface area contributed by atoms with E-state index in [2.05, 4.69) is 37.2 Å². The monoisotopic (exact) mass is 646 g/mol. The van der Waals surface area contributed by atoms with Gasteiger partial charge in [0.05, 0.1) is 15.7 Å². The molecule has 1 saturated heterocycles. The van der Waals surface area contributed by atoms with Crippen LogP contribution in [0.3, 0.4) is 0 Å². The normalized spacial score (nSPS) is 14.6. The molecule has 3 aromatic rings. The van der Waals surface area contributed by atoms with Gasteiger partial charge < -0.3 is 9.84 Å². The van der Waals surface area contributed by atoms with Crippen molar-refractivity contribution in [1.29, 1.82) is 0 Å². The highest BCUT2D eigenvalue weighted by Gasteiger charge is 2.37. The molecule has 0 aliphatic carbocycles. The number of barbiturate groups is 1. The SMILES string of the molecule is Cc1ccc(N2C(=O)NC(=O)/C(=C\c3cc(Br)cc(Br)c3OCc3ccc(C(=O)O)cc3)C2=O)cc1Cl. The molecule has 1 aliphatic rings. The van der Waals surface area contributed by atoms with Gasteiger partial charge in [-0.1, -0.05) is 45.7 Å². The zero-order valence-electron chi connectivity index (χ0n) is 19.1. The van der Waals surface area contributed by atoms with Crippen LogP contribution in [0, 0.1) is 6.92 Å². The number of aromatic carboxylic acids is 1. The predicted molar refractivity (Wildman–Crippen MR) is 145 cm³/mol. The summed E-state index contributed by atoms with van der Waals surface area (Å²) in [5, 5.41) is 11.6. The lowest BCUT2D eigenvalue weighted by Crippen LogP contribution is -2.54. The summed E-state index contributed by atoms with van der Waals surface area (Å²) in [5.74, 6) is -2.37. The largest absolute Gasteiger partial charge is 0.487 e. The van der Waals surface area contributed by atoms with Gasteiger partial charge in [0.25, 0.3) is 11.8 Å². The molecule has 188 valence electrons. The topological polar surface area (TPSA) is 113 Å². The molecule has 8 nitrogen and oxygen atoms in total. The fourth-order valence-electron chi connectivity index (χ4n) is 3.51. The smallest absolute Gasteiger partial charge is 0.335 e. The number of benzene rings is 3. The van der Waals surface area contributed by atoms with Crippen LogP contribution in [0.25, 0.3) is 6.08 Å². The Kier molecular flexibility index (Phi) is 7.82. The number of carbonyl (C=O) groups excluding carboxylic acids is 3. The van der Waals surface area contributed by atoms with Crippen LogP contribution < -0.4 is 15.0 Å². The second-order valence-electron chi connectivity index (χ2n) is 7.99. The van der Waals surface area contributed by atoms with Crippen LogP contribution in [0.4, 0.5) is 10.5 Å². The van der Waals surface area contributed by atoms with E-state index in [-0.39, 0.29) is 23.4 Å². The zero-order chi connectivity index (χ0) is 26.9. The Bertz CT molecular complexity index is 1490. The van der Waals surface area contributed by atoms with Gasteiger partial charge in [-0.05, 0) is 76.5 Å². The number of carboxylic acids is 1. The Morgan fingerprint density at radius 1 is 1.08 bits per heavy atom. The van der Waals surface area contributed by atoms with Crippen LogP contribution in [0.1, 0.15) is 27.0 Å². The maximum Gasteiger partial charge on any atom is 0.335 e. The van der Waals surface area contributed by atoms with Gasteiger partial charge in [-0.15, -0.1) is 0 Å². The molecule has 0 aromatic heterocycles. The van der Waals surface area contributed by atoms with Crippen molar-refractivity contribution in [2.24, 2.45) is 0 Å². The first-order valence-electron chi connectivity index (χ1n) is 10.7. The third kappa shape index (κ3) is 5.76. The van der Waals surface area contributed by atoms with Crippen molar-refractivity contribution in [1.82, 2.24) is 5.32 Å². The van der Waals surface area contributed by atoms with Crippen LogP contribution in [0.2, 0.25) is 5.02 Å². The van der Waals surface area contributed by atoms with Gasteiger partial charge in [0.2, 0.25) is 0 Å². The van der Waals surface area contributed by atoms with Crippen molar-refractivity contribution < 1.29 is 29.0 Å². The van der Waals surface area contributed by atoms with E-state index in [1.807, 2.05) is 0 Å². The molecular weight excluding hydrogens is 632 g/mol. The number of amides is 4. The number of rotatable bonds is 6. The highest BCUT2D eigenvalue weighted by Crippen LogP contribution is 2.36. The van der Waals surface area contributed by atoms with E-state index >= 15 is 0 Å². The number of nitrogens with zero attached hydrogens (tertiary/aromatic N) is 1. The quantitative estimate of drug-likeness (QED) is 0.246. The minimum atomic E-state index is -1.03. The average molecular weight is 649 g/mol. The van der Waals surface area contributed by atoms with E-state index in [9.17, 15) is 19.2 Å². The highest BCUT2D eigenvalue weighted by molar-refractivity contribution is 9.11. The van der Waals surface area contributed by atoms with Crippen molar-refractivity contribution in [3.63, 3.8) is 0 Å². The molecule has 1 heterocycles. The van der Waals surface area contributed by atoms with E-state index < -0.39 is 23.8 Å². The second kappa shape index (κ2) is 10.9. The van der Waals surface area contributed by atoms with Crippen molar-refractivity contribution in [2.75, 3.05) is 4.90 Å². The molecule has 4 rings (SSSR count). The third-order valence-electron chi connectivity index (χ3n) is 5.44. The first kappa shape index (κ1) is 26.6. The van der Waals surface area contributed by atoms with Gasteiger partial charge in [0.15, 0.2) is 0 Å². The Hall–Kier alpha value is -3.47. The number of carboxylic acid groups (broad SMARTS) is 1. The number of ether oxygens (including phenoxy) is 1. The summed E-state index contributed by atoms with van der Waals surface area (Å²) < 4.78 is 7.17. The molecule has 0 saturated carbocycles. The first-order chi connectivity index (χ1) is 17.5. The minimum absolute atomic E-state index is 0.0862. The van der Waals surface area contributed by atoms with Crippen molar-refractivity contribution in [3.8, 4) is 5.75 Å². The summed E-state index contributed by atoms with van der Waals surface area (Å²) in [4.78, 5) is 50.5. The van der Waals surface area contributed by atoms with Crippen molar-refractivity contribution >= 4 is 79.0 Å². The van der Waals surface area contributed by atoms with Crippen molar-refractivity contribution in [3.05, 3.63) is 96.4 Å². The number of urea groups is 1. The number of imide groups is 2. The summed E-state index contributed by atoms with van der Waals surface area (Å²) in [5.41, 5.74) is 1.94. The van der Waals surface area contributed by atoms with E-state index in [1.54, 1.807) is 43.3 Å². The number of anilines is 1. The number of aryl methyl sites for hydroxylation is 1. The van der Waals surface area contributed by atoms with Gasteiger partial charge in [-0.3, -0.25) is 14.9 Å². The van der Waals surface area contributed by atoms with E-state index in [0.29, 0.717) is 30.8 Å².